The van der Waals surface area contributed by atoms with Crippen LogP contribution in [0.15, 0.2) is 0 Å². The molecule has 1 amide bonds. The predicted octanol–water partition coefficient (Wildman–Crippen LogP) is 1.19. The van der Waals surface area contributed by atoms with Crippen LogP contribution >= 0.6 is 0 Å². The summed E-state index contributed by atoms with van der Waals surface area (Å²) in [6.07, 6.45) is 7.27. The van der Waals surface area contributed by atoms with Gasteiger partial charge in [-0.15, -0.1) is 0 Å². The second-order valence-electron chi connectivity index (χ2n) is 4.16. The van der Waals surface area contributed by atoms with Gasteiger partial charge >= 0.3 is 0 Å². The van der Waals surface area contributed by atoms with E-state index < -0.39 is 0 Å². The standard InChI is InChI=1S/C10H20N2O2/c1-11-10(8-9(13)12-14)6-4-2-3-5-7-10/h11,14H,2-8H2,1H3,(H,12,13). The minimum absolute atomic E-state index is 0.0939. The third kappa shape index (κ3) is 2.96. The smallest absolute Gasteiger partial charge is 0.245 e. The molecule has 0 aliphatic heterocycles. The number of hydrogen-bond donors (Lipinski definition) is 3. The third-order valence-corrected chi connectivity index (χ3v) is 3.21. The van der Waals surface area contributed by atoms with Gasteiger partial charge in [0.25, 0.3) is 0 Å². The minimum atomic E-state index is -0.291. The number of nitrogens with one attached hydrogen (secondary N) is 2. The summed E-state index contributed by atoms with van der Waals surface area (Å²) in [6.45, 7) is 0. The predicted molar refractivity (Wildman–Crippen MR) is 54.0 cm³/mol. The molecule has 0 radical (unpaired) electrons. The fourth-order valence-electron chi connectivity index (χ4n) is 2.27. The van der Waals surface area contributed by atoms with E-state index >= 15 is 0 Å². The number of hydroxylamine groups is 1. The van der Waals surface area contributed by atoms with Crippen LogP contribution in [0.5, 0.6) is 0 Å². The van der Waals surface area contributed by atoms with E-state index in [4.69, 9.17) is 5.21 Å². The molecule has 3 N–H and O–H groups in total. The highest BCUT2D eigenvalue weighted by atomic mass is 16.5. The van der Waals surface area contributed by atoms with Crippen molar-refractivity contribution in [3.63, 3.8) is 0 Å². The molecular weight excluding hydrogens is 180 g/mol. The number of rotatable bonds is 3. The Balaban J connectivity index is 2.57. The Morgan fingerprint density at radius 1 is 1.29 bits per heavy atom. The zero-order chi connectivity index (χ0) is 10.4. The van der Waals surface area contributed by atoms with Gasteiger partial charge in [-0.2, -0.15) is 0 Å². The molecule has 0 saturated heterocycles. The average molecular weight is 200 g/mol. The highest BCUT2D eigenvalue weighted by molar-refractivity contribution is 5.75. The molecule has 0 atom stereocenters. The van der Waals surface area contributed by atoms with Crippen LogP contribution in [0.1, 0.15) is 44.9 Å². The van der Waals surface area contributed by atoms with E-state index in [1.807, 2.05) is 7.05 Å². The first-order chi connectivity index (χ1) is 6.72. The third-order valence-electron chi connectivity index (χ3n) is 3.21. The molecule has 1 fully saturated rings. The number of carbonyl (C=O) groups is 1. The highest BCUT2D eigenvalue weighted by Crippen LogP contribution is 2.29. The zero-order valence-electron chi connectivity index (χ0n) is 8.81. The molecule has 0 unspecified atom stereocenters. The van der Waals surface area contributed by atoms with Crippen LogP contribution in [0.4, 0.5) is 0 Å². The van der Waals surface area contributed by atoms with Crippen molar-refractivity contribution in [1.82, 2.24) is 10.8 Å². The average Bonchev–Trinajstić information content (AvgIpc) is 2.44. The van der Waals surface area contributed by atoms with Crippen molar-refractivity contribution in [2.24, 2.45) is 0 Å². The zero-order valence-corrected chi connectivity index (χ0v) is 8.81. The normalized spacial score (nSPS) is 21.3. The Morgan fingerprint density at radius 2 is 1.86 bits per heavy atom. The lowest BCUT2D eigenvalue weighted by Crippen LogP contribution is -2.46. The fraction of sp³-hybridized carbons (Fsp3) is 0.900. The molecule has 1 rings (SSSR count). The summed E-state index contributed by atoms with van der Waals surface area (Å²) < 4.78 is 0. The Labute approximate surface area is 85.0 Å². The first kappa shape index (κ1) is 11.5. The van der Waals surface area contributed by atoms with E-state index in [0.717, 1.165) is 12.8 Å². The first-order valence-corrected chi connectivity index (χ1v) is 5.34. The van der Waals surface area contributed by atoms with Crippen LogP contribution in [0.25, 0.3) is 0 Å². The van der Waals surface area contributed by atoms with Crippen molar-refractivity contribution in [2.45, 2.75) is 50.5 Å². The van der Waals surface area contributed by atoms with Crippen molar-refractivity contribution >= 4 is 5.91 Å². The molecule has 0 spiro atoms. The second kappa shape index (κ2) is 5.32. The summed E-state index contributed by atoms with van der Waals surface area (Å²) in [7, 11) is 1.90. The Hall–Kier alpha value is -0.610. The highest BCUT2D eigenvalue weighted by Gasteiger charge is 2.31. The lowest BCUT2D eigenvalue weighted by molar-refractivity contribution is -0.130. The van der Waals surface area contributed by atoms with Crippen LogP contribution in [-0.2, 0) is 4.79 Å². The van der Waals surface area contributed by atoms with E-state index in [9.17, 15) is 4.79 Å². The molecule has 4 heteroatoms. The maximum Gasteiger partial charge on any atom is 0.245 e. The fourth-order valence-corrected chi connectivity index (χ4v) is 2.27. The molecule has 0 bridgehead atoms. The van der Waals surface area contributed by atoms with Gasteiger partial charge in [-0.25, -0.2) is 5.48 Å². The lowest BCUT2D eigenvalue weighted by atomic mass is 9.86. The second-order valence-corrected chi connectivity index (χ2v) is 4.16. The molecular formula is C10H20N2O2. The maximum absolute atomic E-state index is 11.2. The quantitative estimate of drug-likeness (QED) is 0.364. The van der Waals surface area contributed by atoms with E-state index in [1.54, 1.807) is 5.48 Å². The topological polar surface area (TPSA) is 61.4 Å². The van der Waals surface area contributed by atoms with Crippen molar-refractivity contribution in [3.05, 3.63) is 0 Å². The molecule has 14 heavy (non-hydrogen) atoms. The van der Waals surface area contributed by atoms with E-state index in [2.05, 4.69) is 5.32 Å². The van der Waals surface area contributed by atoms with Crippen molar-refractivity contribution < 1.29 is 10.0 Å². The SMILES string of the molecule is CNC1(CC(=O)NO)CCCCCC1. The van der Waals surface area contributed by atoms with Gasteiger partial charge in [0, 0.05) is 12.0 Å². The minimum Gasteiger partial charge on any atom is -0.314 e. The molecule has 1 aliphatic carbocycles. The largest absolute Gasteiger partial charge is 0.314 e. The van der Waals surface area contributed by atoms with E-state index in [-0.39, 0.29) is 11.4 Å². The molecule has 4 nitrogen and oxygen atoms in total. The van der Waals surface area contributed by atoms with Crippen molar-refractivity contribution in [3.8, 4) is 0 Å². The van der Waals surface area contributed by atoms with E-state index in [1.165, 1.54) is 25.7 Å². The molecule has 0 heterocycles. The summed E-state index contributed by atoms with van der Waals surface area (Å²) in [4.78, 5) is 11.2. The maximum atomic E-state index is 11.2. The number of carbonyl (C=O) groups excluding carboxylic acids is 1. The van der Waals surface area contributed by atoms with Gasteiger partial charge < -0.3 is 5.32 Å². The summed E-state index contributed by atoms with van der Waals surface area (Å²) in [6, 6.07) is 0. The van der Waals surface area contributed by atoms with E-state index in [0.29, 0.717) is 6.42 Å². The molecule has 1 aliphatic rings. The number of amides is 1. The van der Waals surface area contributed by atoms with Gasteiger partial charge in [-0.05, 0) is 19.9 Å². The molecule has 0 aromatic heterocycles. The summed E-state index contributed by atoms with van der Waals surface area (Å²) in [5.41, 5.74) is 1.62. The number of hydrogen-bond acceptors (Lipinski definition) is 3. The molecule has 0 aromatic rings. The van der Waals surface area contributed by atoms with Gasteiger partial charge in [-0.3, -0.25) is 10.0 Å². The van der Waals surface area contributed by atoms with Crippen LogP contribution < -0.4 is 10.8 Å². The summed E-state index contributed by atoms with van der Waals surface area (Å²) in [5.74, 6) is -0.291. The van der Waals surface area contributed by atoms with Gasteiger partial charge in [0.1, 0.15) is 0 Å². The van der Waals surface area contributed by atoms with Gasteiger partial charge in [-0.1, -0.05) is 25.7 Å². The molecule has 0 aromatic carbocycles. The van der Waals surface area contributed by atoms with Crippen LogP contribution in [0, 0.1) is 0 Å². The Bertz CT molecular complexity index is 187. The van der Waals surface area contributed by atoms with Crippen LogP contribution in [-0.4, -0.2) is 23.7 Å². The van der Waals surface area contributed by atoms with Gasteiger partial charge in [0.2, 0.25) is 5.91 Å². The monoisotopic (exact) mass is 200 g/mol. The van der Waals surface area contributed by atoms with Gasteiger partial charge in [0.15, 0.2) is 0 Å². The Kier molecular flexibility index (Phi) is 4.35. The summed E-state index contributed by atoms with van der Waals surface area (Å²) in [5, 5.41) is 11.8. The van der Waals surface area contributed by atoms with Crippen LogP contribution in [0.3, 0.4) is 0 Å². The van der Waals surface area contributed by atoms with Crippen molar-refractivity contribution in [1.29, 1.82) is 0 Å². The van der Waals surface area contributed by atoms with Gasteiger partial charge in [0.05, 0.1) is 0 Å². The summed E-state index contributed by atoms with van der Waals surface area (Å²) >= 11 is 0. The van der Waals surface area contributed by atoms with Crippen LogP contribution in [0.2, 0.25) is 0 Å². The molecule has 82 valence electrons. The van der Waals surface area contributed by atoms with Crippen molar-refractivity contribution in [2.75, 3.05) is 7.05 Å². The molecule has 1 saturated carbocycles. The Morgan fingerprint density at radius 3 is 2.29 bits per heavy atom. The lowest BCUT2D eigenvalue weighted by Gasteiger charge is -2.31. The first-order valence-electron chi connectivity index (χ1n) is 5.34.